The van der Waals surface area contributed by atoms with Gasteiger partial charge in [0, 0.05) is 18.7 Å². The molecule has 0 aliphatic heterocycles. The smallest absolute Gasteiger partial charge is 0.313 e. The molecule has 0 saturated carbocycles. The Labute approximate surface area is 130 Å². The number of hydrogen-bond donors (Lipinski definition) is 1. The zero-order chi connectivity index (χ0) is 15.4. The Morgan fingerprint density at radius 2 is 1.81 bits per heavy atom. The third kappa shape index (κ3) is 3.64. The number of nitro groups is 1. The van der Waals surface area contributed by atoms with Crippen molar-refractivity contribution in [2.45, 2.75) is 6.42 Å². The summed E-state index contributed by atoms with van der Waals surface area (Å²) < 4.78 is 5.59. The summed E-state index contributed by atoms with van der Waals surface area (Å²) in [5.74, 6) is 0.424. The summed E-state index contributed by atoms with van der Waals surface area (Å²) >= 11 is 11.7. The Morgan fingerprint density at radius 3 is 2.48 bits per heavy atom. The van der Waals surface area contributed by atoms with E-state index in [4.69, 9.17) is 33.0 Å². The van der Waals surface area contributed by atoms with Crippen LogP contribution >= 0.6 is 23.2 Å². The summed E-state index contributed by atoms with van der Waals surface area (Å²) in [6, 6.07) is 9.42. The molecule has 0 amide bonds. The van der Waals surface area contributed by atoms with Crippen LogP contribution in [0.2, 0.25) is 10.0 Å². The molecule has 0 heterocycles. The lowest BCUT2D eigenvalue weighted by molar-refractivity contribution is -0.385. The average molecular weight is 328 g/mol. The molecule has 5 nitrogen and oxygen atoms in total. The zero-order valence-electron chi connectivity index (χ0n) is 10.8. The normalized spacial score (nSPS) is 10.4. The first kappa shape index (κ1) is 15.6. The topological polar surface area (TPSA) is 72.6 Å². The lowest BCUT2D eigenvalue weighted by atomic mass is 10.1. The van der Waals surface area contributed by atoms with Crippen LogP contribution in [0.3, 0.4) is 0 Å². The van der Waals surface area contributed by atoms with Crippen LogP contribution in [0, 0.1) is 10.1 Å². The molecule has 2 aromatic carbocycles. The number of nitrogens with zero attached hydrogens (tertiary/aromatic N) is 1. The minimum Gasteiger partial charge on any atom is -0.450 e. The van der Waals surface area contributed by atoms with Crippen LogP contribution in [-0.4, -0.2) is 16.6 Å². The standard InChI is InChI=1S/C14H11Cl2NO4/c15-10-7-12(17(19)20)14(8-11(10)16)21-13-4-2-1-3-9(13)5-6-18/h1-4,7-8,18H,5-6H2. The summed E-state index contributed by atoms with van der Waals surface area (Å²) in [7, 11) is 0. The van der Waals surface area contributed by atoms with Crippen molar-refractivity contribution in [3.63, 3.8) is 0 Å². The minimum absolute atomic E-state index is 0.000195. The molecule has 0 fully saturated rings. The van der Waals surface area contributed by atoms with Crippen molar-refractivity contribution >= 4 is 28.9 Å². The van der Waals surface area contributed by atoms with Crippen molar-refractivity contribution < 1.29 is 14.8 Å². The van der Waals surface area contributed by atoms with Crippen LogP contribution < -0.4 is 4.74 Å². The van der Waals surface area contributed by atoms with E-state index in [-0.39, 0.29) is 28.1 Å². The number of aliphatic hydroxyl groups excluding tert-OH is 1. The van der Waals surface area contributed by atoms with Crippen LogP contribution in [-0.2, 0) is 6.42 Å². The number of ether oxygens (including phenoxy) is 1. The van der Waals surface area contributed by atoms with E-state index >= 15 is 0 Å². The summed E-state index contributed by atoms with van der Waals surface area (Å²) in [4.78, 5) is 10.5. The fourth-order valence-electron chi connectivity index (χ4n) is 1.79. The Bertz CT molecular complexity index is 676. The Kier molecular flexibility index (Phi) is 5.01. The molecule has 0 saturated heterocycles. The summed E-state index contributed by atoms with van der Waals surface area (Å²) in [6.45, 7) is -0.0517. The van der Waals surface area contributed by atoms with Gasteiger partial charge in [0.15, 0.2) is 0 Å². The van der Waals surface area contributed by atoms with Crippen molar-refractivity contribution in [1.29, 1.82) is 0 Å². The molecule has 7 heteroatoms. The molecule has 1 N–H and O–H groups in total. The zero-order valence-corrected chi connectivity index (χ0v) is 12.3. The molecule has 110 valence electrons. The second kappa shape index (κ2) is 6.76. The molecule has 0 bridgehead atoms. The molecule has 2 rings (SSSR count). The van der Waals surface area contributed by atoms with Crippen LogP contribution in [0.4, 0.5) is 5.69 Å². The average Bonchev–Trinajstić information content (AvgIpc) is 2.44. The van der Waals surface area contributed by atoms with Gasteiger partial charge in [-0.2, -0.15) is 0 Å². The van der Waals surface area contributed by atoms with E-state index in [1.54, 1.807) is 24.3 Å². The molecule has 0 radical (unpaired) electrons. The van der Waals surface area contributed by atoms with Crippen molar-refractivity contribution in [3.8, 4) is 11.5 Å². The minimum atomic E-state index is -0.591. The van der Waals surface area contributed by atoms with Crippen LogP contribution in [0.15, 0.2) is 36.4 Å². The van der Waals surface area contributed by atoms with Gasteiger partial charge in [-0.1, -0.05) is 41.4 Å². The van der Waals surface area contributed by atoms with Gasteiger partial charge in [0.2, 0.25) is 5.75 Å². The first-order valence-corrected chi connectivity index (χ1v) is 6.78. The van der Waals surface area contributed by atoms with Gasteiger partial charge < -0.3 is 9.84 Å². The maximum Gasteiger partial charge on any atom is 0.313 e. The maximum atomic E-state index is 11.1. The predicted octanol–water partition coefficient (Wildman–Crippen LogP) is 4.23. The van der Waals surface area contributed by atoms with E-state index in [9.17, 15) is 10.1 Å². The third-order valence-electron chi connectivity index (χ3n) is 2.77. The second-order valence-electron chi connectivity index (χ2n) is 4.17. The molecule has 0 unspecified atom stereocenters. The van der Waals surface area contributed by atoms with Gasteiger partial charge in [0.25, 0.3) is 0 Å². The molecule has 0 aliphatic rings. The molecule has 0 atom stereocenters. The monoisotopic (exact) mass is 327 g/mol. The first-order chi connectivity index (χ1) is 10.0. The van der Waals surface area contributed by atoms with E-state index in [1.165, 1.54) is 6.07 Å². The first-order valence-electron chi connectivity index (χ1n) is 6.03. The van der Waals surface area contributed by atoms with Gasteiger partial charge >= 0.3 is 5.69 Å². The molecule has 2 aromatic rings. The van der Waals surface area contributed by atoms with Crippen LogP contribution in [0.1, 0.15) is 5.56 Å². The van der Waals surface area contributed by atoms with E-state index in [2.05, 4.69) is 0 Å². The fourth-order valence-corrected chi connectivity index (χ4v) is 2.10. The number of nitro benzene ring substituents is 1. The van der Waals surface area contributed by atoms with Gasteiger partial charge in [0.05, 0.1) is 15.0 Å². The quantitative estimate of drug-likeness (QED) is 0.658. The van der Waals surface area contributed by atoms with Crippen LogP contribution in [0.5, 0.6) is 11.5 Å². The number of para-hydroxylation sites is 1. The van der Waals surface area contributed by atoms with E-state index in [1.807, 2.05) is 0 Å². The number of hydrogen-bond acceptors (Lipinski definition) is 4. The van der Waals surface area contributed by atoms with Crippen molar-refractivity contribution in [3.05, 3.63) is 62.1 Å². The van der Waals surface area contributed by atoms with Crippen molar-refractivity contribution in [2.75, 3.05) is 6.61 Å². The van der Waals surface area contributed by atoms with E-state index in [0.29, 0.717) is 12.2 Å². The summed E-state index contributed by atoms with van der Waals surface area (Å²) in [5.41, 5.74) is 0.462. The molecular formula is C14H11Cl2NO4. The molecule has 0 spiro atoms. The number of rotatable bonds is 5. The van der Waals surface area contributed by atoms with E-state index < -0.39 is 4.92 Å². The highest BCUT2D eigenvalue weighted by atomic mass is 35.5. The van der Waals surface area contributed by atoms with Crippen molar-refractivity contribution in [1.82, 2.24) is 0 Å². The SMILES string of the molecule is O=[N+]([O-])c1cc(Cl)c(Cl)cc1Oc1ccccc1CCO. The largest absolute Gasteiger partial charge is 0.450 e. The second-order valence-corrected chi connectivity index (χ2v) is 4.99. The predicted molar refractivity (Wildman–Crippen MR) is 80.4 cm³/mol. The van der Waals surface area contributed by atoms with Crippen LogP contribution in [0.25, 0.3) is 0 Å². The highest BCUT2D eigenvalue weighted by Crippen LogP contribution is 2.38. The summed E-state index contributed by atoms with van der Waals surface area (Å²) in [5, 5.41) is 20.3. The molecular weight excluding hydrogens is 317 g/mol. The van der Waals surface area contributed by atoms with Gasteiger partial charge in [-0.15, -0.1) is 0 Å². The number of halogens is 2. The Hall–Kier alpha value is -1.82. The maximum absolute atomic E-state index is 11.1. The van der Waals surface area contributed by atoms with Gasteiger partial charge in [-0.05, 0) is 18.1 Å². The Balaban J connectivity index is 2.44. The van der Waals surface area contributed by atoms with Gasteiger partial charge in [0.1, 0.15) is 5.75 Å². The highest BCUT2D eigenvalue weighted by Gasteiger charge is 2.19. The molecule has 21 heavy (non-hydrogen) atoms. The Morgan fingerprint density at radius 1 is 1.14 bits per heavy atom. The molecule has 0 aliphatic carbocycles. The highest BCUT2D eigenvalue weighted by molar-refractivity contribution is 6.42. The van der Waals surface area contributed by atoms with Crippen molar-refractivity contribution in [2.24, 2.45) is 0 Å². The number of benzene rings is 2. The van der Waals surface area contributed by atoms with E-state index in [0.717, 1.165) is 11.6 Å². The third-order valence-corrected chi connectivity index (χ3v) is 3.49. The molecule has 0 aromatic heterocycles. The lowest BCUT2D eigenvalue weighted by Gasteiger charge is -2.11. The van der Waals surface area contributed by atoms with Gasteiger partial charge in [-0.3, -0.25) is 10.1 Å². The fraction of sp³-hybridized carbons (Fsp3) is 0.143. The number of aliphatic hydroxyl groups is 1. The lowest BCUT2D eigenvalue weighted by Crippen LogP contribution is -1.98. The van der Waals surface area contributed by atoms with Gasteiger partial charge in [-0.25, -0.2) is 0 Å². The summed E-state index contributed by atoms with van der Waals surface area (Å²) in [6.07, 6.45) is 0.380.